The van der Waals surface area contributed by atoms with Gasteiger partial charge in [-0.3, -0.25) is 19.3 Å². The zero-order chi connectivity index (χ0) is 21.2. The largest absolute Gasteiger partial charge is 0.459 e. The molecule has 0 aliphatic carbocycles. The van der Waals surface area contributed by atoms with E-state index in [2.05, 4.69) is 10.6 Å². The number of para-hydroxylation sites is 1. The highest BCUT2D eigenvalue weighted by Gasteiger charge is 2.44. The van der Waals surface area contributed by atoms with Crippen molar-refractivity contribution < 1.29 is 28.3 Å². The predicted octanol–water partition coefficient (Wildman–Crippen LogP) is 1.87. The Balaban J connectivity index is 1.43. The maximum Gasteiger partial charge on any atom is 0.325 e. The van der Waals surface area contributed by atoms with E-state index < -0.39 is 42.0 Å². The van der Waals surface area contributed by atoms with Gasteiger partial charge in [0.15, 0.2) is 6.61 Å². The molecule has 1 saturated heterocycles. The highest BCUT2D eigenvalue weighted by Crippen LogP contribution is 2.23. The topological polar surface area (TPSA) is 118 Å². The molecule has 154 valence electrons. The van der Waals surface area contributed by atoms with E-state index in [-0.39, 0.29) is 13.0 Å². The zero-order valence-electron chi connectivity index (χ0n) is 16.5. The number of amides is 4. The number of urea groups is 1. The second kappa shape index (κ2) is 7.94. The molecule has 0 spiro atoms. The molecule has 2 aromatic rings. The van der Waals surface area contributed by atoms with Crippen molar-refractivity contribution in [1.82, 2.24) is 15.5 Å². The van der Waals surface area contributed by atoms with Crippen LogP contribution in [-0.4, -0.2) is 47.4 Å². The first-order valence-corrected chi connectivity index (χ1v) is 9.25. The summed E-state index contributed by atoms with van der Waals surface area (Å²) >= 11 is 0. The number of rotatable bonds is 7. The molecule has 2 N–H and O–H groups in total. The van der Waals surface area contributed by atoms with Crippen LogP contribution in [0.25, 0.3) is 11.0 Å². The van der Waals surface area contributed by atoms with Gasteiger partial charge in [0.1, 0.15) is 16.9 Å². The lowest BCUT2D eigenvalue weighted by atomic mass is 10.1. The minimum Gasteiger partial charge on any atom is -0.459 e. The van der Waals surface area contributed by atoms with Crippen LogP contribution < -0.4 is 10.6 Å². The van der Waals surface area contributed by atoms with Gasteiger partial charge >= 0.3 is 12.0 Å². The number of nitrogens with one attached hydrogen (secondary N) is 2. The van der Waals surface area contributed by atoms with E-state index in [0.29, 0.717) is 5.76 Å². The van der Waals surface area contributed by atoms with Gasteiger partial charge in [0.25, 0.3) is 11.8 Å². The number of benzene rings is 1. The van der Waals surface area contributed by atoms with Crippen LogP contribution in [-0.2, 0) is 19.1 Å². The SMILES string of the molecule is C[C@H](NC(=O)COC(=O)CCN1C(=O)NC(C)(C)C1=O)c1cc2ccccc2o1. The molecule has 2 heterocycles. The Morgan fingerprint density at radius 1 is 1.28 bits per heavy atom. The number of furan rings is 1. The summed E-state index contributed by atoms with van der Waals surface area (Å²) in [6, 6.07) is 8.38. The minimum atomic E-state index is -0.992. The van der Waals surface area contributed by atoms with Crippen molar-refractivity contribution in [3.8, 4) is 0 Å². The summed E-state index contributed by atoms with van der Waals surface area (Å²) in [4.78, 5) is 48.7. The molecular weight excluding hydrogens is 378 g/mol. The first-order valence-electron chi connectivity index (χ1n) is 9.25. The maximum atomic E-state index is 12.1. The monoisotopic (exact) mass is 401 g/mol. The molecule has 1 fully saturated rings. The molecule has 1 aliphatic heterocycles. The third-order valence-electron chi connectivity index (χ3n) is 4.60. The van der Waals surface area contributed by atoms with E-state index in [0.717, 1.165) is 15.9 Å². The van der Waals surface area contributed by atoms with Gasteiger partial charge in [-0.15, -0.1) is 0 Å². The smallest absolute Gasteiger partial charge is 0.325 e. The molecule has 1 atom stereocenters. The van der Waals surface area contributed by atoms with Crippen LogP contribution in [0.2, 0.25) is 0 Å². The van der Waals surface area contributed by atoms with E-state index in [4.69, 9.17) is 9.15 Å². The number of carbonyl (C=O) groups is 4. The van der Waals surface area contributed by atoms with Gasteiger partial charge in [-0.1, -0.05) is 18.2 Å². The summed E-state index contributed by atoms with van der Waals surface area (Å²) in [5.74, 6) is -0.982. The van der Waals surface area contributed by atoms with Gasteiger partial charge in [-0.2, -0.15) is 0 Å². The first kappa shape index (κ1) is 20.4. The number of carbonyl (C=O) groups excluding carboxylic acids is 4. The van der Waals surface area contributed by atoms with Crippen molar-refractivity contribution in [3.05, 3.63) is 36.1 Å². The Morgan fingerprint density at radius 2 is 2.00 bits per heavy atom. The van der Waals surface area contributed by atoms with Crippen molar-refractivity contribution in [2.75, 3.05) is 13.2 Å². The Hall–Kier alpha value is -3.36. The van der Waals surface area contributed by atoms with Gasteiger partial charge in [0.05, 0.1) is 12.5 Å². The Bertz CT molecular complexity index is 931. The van der Waals surface area contributed by atoms with E-state index in [1.165, 1.54) is 0 Å². The molecule has 1 aromatic carbocycles. The summed E-state index contributed by atoms with van der Waals surface area (Å²) in [5, 5.41) is 6.15. The summed E-state index contributed by atoms with van der Waals surface area (Å²) < 4.78 is 10.6. The lowest BCUT2D eigenvalue weighted by Crippen LogP contribution is -2.40. The second-order valence-electron chi connectivity index (χ2n) is 7.40. The maximum absolute atomic E-state index is 12.1. The molecule has 9 heteroatoms. The van der Waals surface area contributed by atoms with E-state index in [9.17, 15) is 19.2 Å². The average Bonchev–Trinajstić information content (AvgIpc) is 3.17. The molecule has 0 unspecified atom stereocenters. The number of ether oxygens (including phenoxy) is 1. The molecule has 3 rings (SSSR count). The first-order chi connectivity index (χ1) is 13.7. The normalized spacial score (nSPS) is 16.6. The van der Waals surface area contributed by atoms with E-state index in [1.807, 2.05) is 30.3 Å². The number of imide groups is 1. The molecule has 4 amide bonds. The van der Waals surface area contributed by atoms with Crippen LogP contribution in [0, 0.1) is 0 Å². The Kier molecular flexibility index (Phi) is 5.58. The van der Waals surface area contributed by atoms with Crippen molar-refractivity contribution in [2.45, 2.75) is 38.8 Å². The van der Waals surface area contributed by atoms with Crippen LogP contribution in [0.15, 0.2) is 34.7 Å². The van der Waals surface area contributed by atoms with Gasteiger partial charge < -0.3 is 19.8 Å². The summed E-state index contributed by atoms with van der Waals surface area (Å²) in [6.07, 6.45) is -0.193. The van der Waals surface area contributed by atoms with Crippen molar-refractivity contribution >= 4 is 34.8 Å². The van der Waals surface area contributed by atoms with Crippen molar-refractivity contribution in [1.29, 1.82) is 0 Å². The fourth-order valence-electron chi connectivity index (χ4n) is 3.01. The van der Waals surface area contributed by atoms with Crippen LogP contribution in [0.4, 0.5) is 4.79 Å². The minimum absolute atomic E-state index is 0.107. The molecule has 1 aromatic heterocycles. The van der Waals surface area contributed by atoms with Crippen LogP contribution in [0.1, 0.15) is 39.0 Å². The lowest BCUT2D eigenvalue weighted by Gasteiger charge is -2.15. The number of nitrogens with zero attached hydrogens (tertiary/aromatic N) is 1. The third-order valence-corrected chi connectivity index (χ3v) is 4.60. The zero-order valence-corrected chi connectivity index (χ0v) is 16.5. The highest BCUT2D eigenvalue weighted by molar-refractivity contribution is 6.06. The van der Waals surface area contributed by atoms with Crippen molar-refractivity contribution in [2.24, 2.45) is 0 Å². The third kappa shape index (κ3) is 4.56. The van der Waals surface area contributed by atoms with Crippen LogP contribution in [0.3, 0.4) is 0 Å². The highest BCUT2D eigenvalue weighted by atomic mass is 16.5. The molecule has 1 aliphatic rings. The lowest BCUT2D eigenvalue weighted by molar-refractivity contribution is -0.149. The molecule has 0 bridgehead atoms. The standard InChI is InChI=1S/C20H23N3O6/c1-12(15-10-13-6-4-5-7-14(13)29-15)21-16(24)11-28-17(25)8-9-23-18(26)20(2,3)22-19(23)27/h4-7,10,12H,8-9,11H2,1-3H3,(H,21,24)(H,22,27)/t12-/m0/s1. The molecule has 29 heavy (non-hydrogen) atoms. The molecular formula is C20H23N3O6. The van der Waals surface area contributed by atoms with Gasteiger partial charge in [-0.25, -0.2) is 4.79 Å². The van der Waals surface area contributed by atoms with E-state index >= 15 is 0 Å². The van der Waals surface area contributed by atoms with E-state index in [1.54, 1.807) is 20.8 Å². The summed E-state index contributed by atoms with van der Waals surface area (Å²) in [5.41, 5.74) is -0.271. The second-order valence-corrected chi connectivity index (χ2v) is 7.40. The van der Waals surface area contributed by atoms with Crippen LogP contribution in [0.5, 0.6) is 0 Å². The number of fused-ring (bicyclic) bond motifs is 1. The summed E-state index contributed by atoms with van der Waals surface area (Å²) in [6.45, 7) is 4.36. The quantitative estimate of drug-likeness (QED) is 0.540. The van der Waals surface area contributed by atoms with Gasteiger partial charge in [0, 0.05) is 11.9 Å². The number of hydrogen-bond acceptors (Lipinski definition) is 6. The molecule has 0 saturated carbocycles. The number of hydrogen-bond donors (Lipinski definition) is 2. The fourth-order valence-corrected chi connectivity index (χ4v) is 3.01. The fraction of sp³-hybridized carbons (Fsp3) is 0.400. The molecule has 9 nitrogen and oxygen atoms in total. The van der Waals surface area contributed by atoms with Crippen LogP contribution >= 0.6 is 0 Å². The predicted molar refractivity (Wildman–Crippen MR) is 103 cm³/mol. The average molecular weight is 401 g/mol. The summed E-state index contributed by atoms with van der Waals surface area (Å²) in [7, 11) is 0. The van der Waals surface area contributed by atoms with Gasteiger partial charge in [-0.05, 0) is 32.9 Å². The van der Waals surface area contributed by atoms with Gasteiger partial charge in [0.2, 0.25) is 0 Å². The molecule has 0 radical (unpaired) electrons. The van der Waals surface area contributed by atoms with Crippen molar-refractivity contribution in [3.63, 3.8) is 0 Å². The Morgan fingerprint density at radius 3 is 2.66 bits per heavy atom. The Labute approximate surface area is 167 Å². The number of esters is 1.